The molecule has 0 aliphatic carbocycles. The minimum Gasteiger partial charge on any atom is -0.299 e. The van der Waals surface area contributed by atoms with Crippen LogP contribution < -0.4 is 5.32 Å². The van der Waals surface area contributed by atoms with Crippen LogP contribution in [0.25, 0.3) is 0 Å². The zero-order valence-corrected chi connectivity index (χ0v) is 12.6. The normalized spacial score (nSPS) is 13.2. The molecule has 1 N–H and O–H groups in total. The van der Waals surface area contributed by atoms with Crippen molar-refractivity contribution in [3.8, 4) is 0 Å². The van der Waals surface area contributed by atoms with Crippen LogP contribution >= 0.6 is 11.3 Å². The lowest BCUT2D eigenvalue weighted by Gasteiger charge is -2.23. The van der Waals surface area contributed by atoms with Crippen molar-refractivity contribution in [1.29, 1.82) is 0 Å². The van der Waals surface area contributed by atoms with Gasteiger partial charge in [0.05, 0.1) is 0 Å². The van der Waals surface area contributed by atoms with Crippen LogP contribution in [0, 0.1) is 0 Å². The van der Waals surface area contributed by atoms with Gasteiger partial charge in [-0.15, -0.1) is 10.2 Å². The molecule has 118 valence electrons. The van der Waals surface area contributed by atoms with Crippen molar-refractivity contribution in [3.05, 3.63) is 40.9 Å². The van der Waals surface area contributed by atoms with Crippen molar-refractivity contribution in [3.63, 3.8) is 0 Å². The Morgan fingerprint density at radius 1 is 1.23 bits per heavy atom. The van der Waals surface area contributed by atoms with Crippen LogP contribution in [0.15, 0.2) is 30.3 Å². The summed E-state index contributed by atoms with van der Waals surface area (Å²) in [7, 11) is 3.41. The Hall–Kier alpha value is -2.00. The minimum atomic E-state index is -4.57. The number of benzene rings is 1. The quantitative estimate of drug-likeness (QED) is 0.936. The second-order valence-corrected chi connectivity index (χ2v) is 5.65. The molecule has 0 fully saturated rings. The first-order valence-electron chi connectivity index (χ1n) is 6.22. The standard InChI is InChI=1S/C13H13F3N4OS/c1-20(2)9(8-6-4-3-5-7-8)10(21)17-12-19-18-11(22-12)13(14,15)16/h3-7,9H,1-2H3,(H,17,19,21)/t9-/m0/s1. The van der Waals surface area contributed by atoms with E-state index in [1.807, 2.05) is 6.07 Å². The Morgan fingerprint density at radius 2 is 1.86 bits per heavy atom. The molecule has 22 heavy (non-hydrogen) atoms. The van der Waals surface area contributed by atoms with Gasteiger partial charge in [0.15, 0.2) is 0 Å². The molecular weight excluding hydrogens is 317 g/mol. The smallest absolute Gasteiger partial charge is 0.299 e. The van der Waals surface area contributed by atoms with Crippen LogP contribution in [0.5, 0.6) is 0 Å². The highest BCUT2D eigenvalue weighted by atomic mass is 32.1. The van der Waals surface area contributed by atoms with E-state index >= 15 is 0 Å². The molecule has 1 heterocycles. The highest BCUT2D eigenvalue weighted by Crippen LogP contribution is 2.33. The average Bonchev–Trinajstić information content (AvgIpc) is 2.88. The summed E-state index contributed by atoms with van der Waals surface area (Å²) in [5.74, 6) is -0.471. The van der Waals surface area contributed by atoms with Crippen LogP contribution in [0.1, 0.15) is 16.6 Å². The fourth-order valence-electron chi connectivity index (χ4n) is 1.88. The number of nitrogens with zero attached hydrogens (tertiary/aromatic N) is 3. The Kier molecular flexibility index (Phi) is 4.77. The van der Waals surface area contributed by atoms with Gasteiger partial charge in [0, 0.05) is 0 Å². The molecule has 1 atom stereocenters. The SMILES string of the molecule is CN(C)[C@H](C(=O)Nc1nnc(C(F)(F)F)s1)c1ccccc1. The van der Waals surface area contributed by atoms with Gasteiger partial charge in [-0.1, -0.05) is 41.7 Å². The van der Waals surface area contributed by atoms with Crippen molar-refractivity contribution in [1.82, 2.24) is 15.1 Å². The van der Waals surface area contributed by atoms with E-state index in [0.717, 1.165) is 5.56 Å². The van der Waals surface area contributed by atoms with Crippen LogP contribution in [0.3, 0.4) is 0 Å². The number of carbonyl (C=O) groups excluding carboxylic acids is 1. The summed E-state index contributed by atoms with van der Waals surface area (Å²) in [6.07, 6.45) is -4.57. The molecule has 2 rings (SSSR count). The number of anilines is 1. The monoisotopic (exact) mass is 330 g/mol. The van der Waals surface area contributed by atoms with E-state index in [-0.39, 0.29) is 5.13 Å². The molecule has 0 unspecified atom stereocenters. The Morgan fingerprint density at radius 3 is 2.36 bits per heavy atom. The van der Waals surface area contributed by atoms with Gasteiger partial charge in [0.25, 0.3) is 0 Å². The summed E-state index contributed by atoms with van der Waals surface area (Å²) in [6.45, 7) is 0. The third kappa shape index (κ3) is 3.80. The van der Waals surface area contributed by atoms with E-state index in [1.165, 1.54) is 0 Å². The summed E-state index contributed by atoms with van der Waals surface area (Å²) in [6, 6.07) is 8.28. The van der Waals surface area contributed by atoms with Gasteiger partial charge in [0.1, 0.15) is 6.04 Å². The lowest BCUT2D eigenvalue weighted by molar-refractivity contribution is -0.138. The third-order valence-electron chi connectivity index (χ3n) is 2.78. The largest absolute Gasteiger partial charge is 0.445 e. The second kappa shape index (κ2) is 6.41. The van der Waals surface area contributed by atoms with Gasteiger partial charge < -0.3 is 0 Å². The molecule has 0 saturated carbocycles. The predicted molar refractivity (Wildman–Crippen MR) is 76.4 cm³/mol. The molecule has 0 aliphatic rings. The Bertz CT molecular complexity index is 642. The van der Waals surface area contributed by atoms with Gasteiger partial charge in [-0.3, -0.25) is 15.0 Å². The fraction of sp³-hybridized carbons (Fsp3) is 0.308. The van der Waals surface area contributed by atoms with Crippen molar-refractivity contribution >= 4 is 22.4 Å². The first-order chi connectivity index (χ1) is 10.3. The molecule has 0 aliphatic heterocycles. The van der Waals surface area contributed by atoms with Crippen LogP contribution in [-0.4, -0.2) is 35.1 Å². The van der Waals surface area contributed by atoms with E-state index < -0.39 is 23.1 Å². The van der Waals surface area contributed by atoms with E-state index in [9.17, 15) is 18.0 Å². The Labute approximate surface area is 128 Å². The molecule has 1 aromatic heterocycles. The number of amides is 1. The van der Waals surface area contributed by atoms with Crippen molar-refractivity contribution < 1.29 is 18.0 Å². The maximum absolute atomic E-state index is 12.5. The lowest BCUT2D eigenvalue weighted by Crippen LogP contribution is -2.32. The Balaban J connectivity index is 2.17. The van der Waals surface area contributed by atoms with Gasteiger partial charge in [-0.2, -0.15) is 13.2 Å². The first kappa shape index (κ1) is 16.4. The van der Waals surface area contributed by atoms with E-state index in [0.29, 0.717) is 11.3 Å². The molecule has 1 aromatic carbocycles. The molecule has 0 radical (unpaired) electrons. The summed E-state index contributed by atoms with van der Waals surface area (Å²) in [5.41, 5.74) is 0.727. The molecule has 0 bridgehead atoms. The van der Waals surface area contributed by atoms with E-state index in [4.69, 9.17) is 0 Å². The maximum Gasteiger partial charge on any atom is 0.445 e. The van der Waals surface area contributed by atoms with Crippen LogP contribution in [0.2, 0.25) is 0 Å². The number of halogens is 3. The summed E-state index contributed by atoms with van der Waals surface area (Å²) in [4.78, 5) is 14.0. The average molecular weight is 330 g/mol. The minimum absolute atomic E-state index is 0.180. The van der Waals surface area contributed by atoms with Gasteiger partial charge >= 0.3 is 6.18 Å². The van der Waals surface area contributed by atoms with Crippen molar-refractivity contribution in [2.75, 3.05) is 19.4 Å². The zero-order valence-electron chi connectivity index (χ0n) is 11.8. The van der Waals surface area contributed by atoms with Gasteiger partial charge in [-0.25, -0.2) is 0 Å². The van der Waals surface area contributed by atoms with Gasteiger partial charge in [0.2, 0.25) is 16.0 Å². The first-order valence-corrected chi connectivity index (χ1v) is 7.03. The molecule has 2 aromatic rings. The molecular formula is C13H13F3N4OS. The molecule has 1 amide bonds. The van der Waals surface area contributed by atoms with Crippen LogP contribution in [-0.2, 0) is 11.0 Å². The molecule has 0 spiro atoms. The topological polar surface area (TPSA) is 58.1 Å². The maximum atomic E-state index is 12.5. The molecule has 0 saturated heterocycles. The number of likely N-dealkylation sites (N-methyl/N-ethyl adjacent to an activating group) is 1. The summed E-state index contributed by atoms with van der Waals surface area (Å²) < 4.78 is 37.4. The number of nitrogens with one attached hydrogen (secondary N) is 1. The van der Waals surface area contributed by atoms with Crippen molar-refractivity contribution in [2.24, 2.45) is 0 Å². The number of alkyl halides is 3. The van der Waals surface area contributed by atoms with E-state index in [1.54, 1.807) is 43.3 Å². The number of aromatic nitrogens is 2. The second-order valence-electron chi connectivity index (χ2n) is 4.68. The number of hydrogen-bond acceptors (Lipinski definition) is 5. The van der Waals surface area contributed by atoms with Gasteiger partial charge in [-0.05, 0) is 19.7 Å². The number of rotatable bonds is 4. The van der Waals surface area contributed by atoms with E-state index in [2.05, 4.69) is 15.5 Å². The molecule has 9 heteroatoms. The summed E-state index contributed by atoms with van der Waals surface area (Å²) >= 11 is 0.295. The molecule has 5 nitrogen and oxygen atoms in total. The zero-order chi connectivity index (χ0) is 16.3. The highest BCUT2D eigenvalue weighted by Gasteiger charge is 2.36. The number of carbonyl (C=O) groups is 1. The fourth-order valence-corrected chi connectivity index (χ4v) is 2.50. The van der Waals surface area contributed by atoms with Crippen molar-refractivity contribution in [2.45, 2.75) is 12.2 Å². The lowest BCUT2D eigenvalue weighted by atomic mass is 10.1. The third-order valence-corrected chi connectivity index (χ3v) is 3.66. The summed E-state index contributed by atoms with van der Waals surface area (Å²) in [5, 5.41) is 7.49. The van der Waals surface area contributed by atoms with Crippen LogP contribution in [0.4, 0.5) is 18.3 Å². The highest BCUT2D eigenvalue weighted by molar-refractivity contribution is 7.15. The predicted octanol–water partition coefficient (Wildman–Crippen LogP) is 2.80. The number of hydrogen-bond donors (Lipinski definition) is 1.